The lowest BCUT2D eigenvalue weighted by atomic mass is 10.2. The molecule has 0 amide bonds. The minimum atomic E-state index is 0.288. The first-order valence-corrected chi connectivity index (χ1v) is 11.1. The van der Waals surface area contributed by atoms with Crippen molar-refractivity contribution < 1.29 is 9.47 Å². The Morgan fingerprint density at radius 2 is 1.81 bits per heavy atom. The van der Waals surface area contributed by atoms with Crippen molar-refractivity contribution in [1.82, 2.24) is 0 Å². The average molecular weight is 474 g/mol. The minimum Gasteiger partial charge on any atom is -0.493 e. The Kier molecular flexibility index (Phi) is 8.64. The molecule has 0 aromatic heterocycles. The number of nitrogens with zero attached hydrogens (tertiary/aromatic N) is 2. The molecule has 0 saturated heterocycles. The Morgan fingerprint density at radius 3 is 2.55 bits per heavy atom. The van der Waals surface area contributed by atoms with Gasteiger partial charge < -0.3 is 15.2 Å². The molecule has 8 heteroatoms. The van der Waals surface area contributed by atoms with Crippen molar-refractivity contribution in [3.05, 3.63) is 93.5 Å². The third-order valence-electron chi connectivity index (χ3n) is 4.18. The number of methoxy groups -OCH3 is 1. The molecule has 0 saturated carbocycles. The van der Waals surface area contributed by atoms with E-state index in [4.69, 9.17) is 38.4 Å². The Balaban J connectivity index is 1.69. The van der Waals surface area contributed by atoms with Gasteiger partial charge in [0.15, 0.2) is 16.7 Å². The molecule has 3 aromatic rings. The predicted octanol–water partition coefficient (Wildman–Crippen LogP) is 6.16. The van der Waals surface area contributed by atoms with Crippen molar-refractivity contribution in [2.75, 3.05) is 7.11 Å². The van der Waals surface area contributed by atoms with Gasteiger partial charge in [-0.15, -0.1) is 5.10 Å². The van der Waals surface area contributed by atoms with Gasteiger partial charge in [0.2, 0.25) is 0 Å². The first kappa shape index (κ1) is 23.0. The molecule has 0 aliphatic rings. The number of para-hydroxylation sites is 1. The van der Waals surface area contributed by atoms with Gasteiger partial charge in [-0.25, -0.2) is 0 Å². The summed E-state index contributed by atoms with van der Waals surface area (Å²) in [5.74, 6) is 1.85. The summed E-state index contributed by atoms with van der Waals surface area (Å²) in [5.41, 5.74) is 8.72. The summed E-state index contributed by atoms with van der Waals surface area (Å²) in [6.45, 7) is 0.288. The van der Waals surface area contributed by atoms with Crippen LogP contribution in [0.1, 0.15) is 16.7 Å². The lowest BCUT2D eigenvalue weighted by Crippen LogP contribution is -2.06. The van der Waals surface area contributed by atoms with E-state index in [9.17, 15) is 0 Å². The van der Waals surface area contributed by atoms with E-state index in [1.807, 2.05) is 54.6 Å². The third kappa shape index (κ3) is 6.92. The van der Waals surface area contributed by atoms with Gasteiger partial charge >= 0.3 is 0 Å². The van der Waals surface area contributed by atoms with Crippen LogP contribution in [0.4, 0.5) is 0 Å². The maximum Gasteiger partial charge on any atom is 0.180 e. The van der Waals surface area contributed by atoms with Crippen molar-refractivity contribution in [2.45, 2.75) is 12.4 Å². The zero-order chi connectivity index (χ0) is 22.1. The van der Waals surface area contributed by atoms with E-state index < -0.39 is 0 Å². The SMILES string of the molecule is COc1cccc(C=NN=C(N)SCc2ccccc2)c1OCc1ccc(Cl)c(Cl)c1. The highest BCUT2D eigenvalue weighted by Crippen LogP contribution is 2.31. The second-order valence-corrected chi connectivity index (χ2v) is 8.18. The molecule has 0 fully saturated rings. The molecule has 2 N–H and O–H groups in total. The first-order valence-electron chi connectivity index (χ1n) is 9.33. The highest BCUT2D eigenvalue weighted by Gasteiger charge is 2.10. The predicted molar refractivity (Wildman–Crippen MR) is 131 cm³/mol. The van der Waals surface area contributed by atoms with Crippen molar-refractivity contribution in [1.29, 1.82) is 0 Å². The molecule has 0 unspecified atom stereocenters. The molecule has 3 rings (SSSR count). The van der Waals surface area contributed by atoms with Gasteiger partial charge in [0.05, 0.1) is 23.4 Å². The van der Waals surface area contributed by atoms with Crippen LogP contribution in [0.25, 0.3) is 0 Å². The van der Waals surface area contributed by atoms with Crippen molar-refractivity contribution in [3.8, 4) is 11.5 Å². The fourth-order valence-corrected chi connectivity index (χ4v) is 3.58. The summed E-state index contributed by atoms with van der Waals surface area (Å²) in [6.07, 6.45) is 1.59. The zero-order valence-corrected chi connectivity index (χ0v) is 19.1. The Morgan fingerprint density at radius 1 is 1.00 bits per heavy atom. The summed E-state index contributed by atoms with van der Waals surface area (Å²) >= 11 is 13.5. The number of nitrogens with two attached hydrogens (primary N) is 1. The smallest absolute Gasteiger partial charge is 0.180 e. The fraction of sp³-hybridized carbons (Fsp3) is 0.130. The molecule has 160 valence electrons. The molecule has 0 aliphatic carbocycles. The van der Waals surface area contributed by atoms with Crippen LogP contribution in [-0.4, -0.2) is 18.5 Å². The maximum absolute atomic E-state index is 6.09. The standard InChI is InChI=1S/C23H21Cl2N3O2S/c1-29-21-9-5-8-18(22(21)30-14-17-10-11-19(24)20(25)12-17)13-27-28-23(26)31-15-16-6-3-2-4-7-16/h2-13H,14-15H2,1H3,(H2,26,28). The molecular weight excluding hydrogens is 453 g/mol. The molecule has 0 bridgehead atoms. The number of hydrogen-bond donors (Lipinski definition) is 1. The zero-order valence-electron chi connectivity index (χ0n) is 16.8. The van der Waals surface area contributed by atoms with Crippen LogP contribution in [-0.2, 0) is 12.4 Å². The van der Waals surface area contributed by atoms with E-state index in [0.29, 0.717) is 32.3 Å². The molecule has 0 atom stereocenters. The number of benzene rings is 3. The van der Waals surface area contributed by atoms with Gasteiger partial charge in [0, 0.05) is 11.3 Å². The lowest BCUT2D eigenvalue weighted by Gasteiger charge is -2.13. The fourth-order valence-electron chi connectivity index (χ4n) is 2.64. The van der Waals surface area contributed by atoms with Gasteiger partial charge in [0.1, 0.15) is 6.61 Å². The van der Waals surface area contributed by atoms with Gasteiger partial charge in [0.25, 0.3) is 0 Å². The number of thioether (sulfide) groups is 1. The number of ether oxygens (including phenoxy) is 2. The molecule has 0 aliphatic heterocycles. The largest absolute Gasteiger partial charge is 0.493 e. The lowest BCUT2D eigenvalue weighted by molar-refractivity contribution is 0.284. The van der Waals surface area contributed by atoms with Crippen molar-refractivity contribution >= 4 is 46.3 Å². The molecule has 3 aromatic carbocycles. The number of amidine groups is 1. The summed E-state index contributed by atoms with van der Waals surface area (Å²) < 4.78 is 11.4. The van der Waals surface area contributed by atoms with Crippen LogP contribution in [0.5, 0.6) is 11.5 Å². The minimum absolute atomic E-state index is 0.288. The molecular formula is C23H21Cl2N3O2S. The molecule has 0 heterocycles. The van der Waals surface area contributed by atoms with E-state index in [0.717, 1.165) is 11.3 Å². The van der Waals surface area contributed by atoms with Crippen LogP contribution in [0.3, 0.4) is 0 Å². The average Bonchev–Trinajstić information content (AvgIpc) is 2.79. The highest BCUT2D eigenvalue weighted by atomic mass is 35.5. The molecule has 31 heavy (non-hydrogen) atoms. The van der Waals surface area contributed by atoms with Crippen LogP contribution in [0.15, 0.2) is 76.9 Å². The summed E-state index contributed by atoms with van der Waals surface area (Å²) in [5, 5.41) is 9.53. The van der Waals surface area contributed by atoms with E-state index in [1.165, 1.54) is 17.3 Å². The van der Waals surface area contributed by atoms with Gasteiger partial charge in [-0.3, -0.25) is 0 Å². The number of rotatable bonds is 8. The Bertz CT molecular complexity index is 1080. The van der Waals surface area contributed by atoms with Crippen LogP contribution in [0.2, 0.25) is 10.0 Å². The summed E-state index contributed by atoms with van der Waals surface area (Å²) in [4.78, 5) is 0. The van der Waals surface area contributed by atoms with Crippen molar-refractivity contribution in [3.63, 3.8) is 0 Å². The quantitative estimate of drug-likeness (QED) is 0.241. The van der Waals surface area contributed by atoms with Gasteiger partial charge in [-0.1, -0.05) is 77.4 Å². The summed E-state index contributed by atoms with van der Waals surface area (Å²) in [6, 6.07) is 20.9. The normalized spacial score (nSPS) is 11.6. The van der Waals surface area contributed by atoms with Crippen molar-refractivity contribution in [2.24, 2.45) is 15.9 Å². The van der Waals surface area contributed by atoms with E-state index in [-0.39, 0.29) is 6.61 Å². The monoisotopic (exact) mass is 473 g/mol. The topological polar surface area (TPSA) is 69.2 Å². The summed E-state index contributed by atoms with van der Waals surface area (Å²) in [7, 11) is 1.58. The number of hydrogen-bond acceptors (Lipinski definition) is 5. The highest BCUT2D eigenvalue weighted by molar-refractivity contribution is 8.13. The van der Waals surface area contributed by atoms with E-state index in [2.05, 4.69) is 10.2 Å². The molecule has 0 spiro atoms. The third-order valence-corrected chi connectivity index (χ3v) is 5.77. The second-order valence-electron chi connectivity index (χ2n) is 6.37. The van der Waals surface area contributed by atoms with Crippen LogP contribution >= 0.6 is 35.0 Å². The van der Waals surface area contributed by atoms with Gasteiger partial charge in [-0.2, -0.15) is 5.10 Å². The number of halogens is 2. The van der Waals surface area contributed by atoms with Gasteiger partial charge in [-0.05, 0) is 35.4 Å². The van der Waals surface area contributed by atoms with E-state index in [1.54, 1.807) is 25.5 Å². The van der Waals surface area contributed by atoms with Crippen LogP contribution in [0, 0.1) is 0 Å². The Labute approximate surface area is 195 Å². The van der Waals surface area contributed by atoms with Crippen LogP contribution < -0.4 is 15.2 Å². The molecule has 5 nitrogen and oxygen atoms in total. The Hall–Kier alpha value is -2.67. The first-order chi connectivity index (χ1) is 15.1. The van der Waals surface area contributed by atoms with E-state index >= 15 is 0 Å². The molecule has 0 radical (unpaired) electrons. The maximum atomic E-state index is 6.09. The second kappa shape index (κ2) is 11.6.